The molecule has 1 saturated heterocycles. The Balaban J connectivity index is 1.57. The maximum Gasteiger partial charge on any atom is 0.263 e. The molecule has 3 rings (SSSR count). The average Bonchev–Trinajstić information content (AvgIpc) is 3.11. The molecule has 2 aliphatic rings. The maximum absolute atomic E-state index is 5.25. The van der Waals surface area contributed by atoms with Crippen molar-refractivity contribution < 1.29 is 4.52 Å². The van der Waals surface area contributed by atoms with Gasteiger partial charge in [-0.05, 0) is 43.9 Å². The number of rotatable bonds is 4. The van der Waals surface area contributed by atoms with Crippen LogP contribution in [-0.4, -0.2) is 40.7 Å². The number of aromatic nitrogens is 2. The van der Waals surface area contributed by atoms with Crippen LogP contribution in [0.1, 0.15) is 44.4 Å². The first kappa shape index (κ1) is 11.0. The summed E-state index contributed by atoms with van der Waals surface area (Å²) in [5.41, 5.74) is 0. The van der Waals surface area contributed by atoms with E-state index in [9.17, 15) is 0 Å². The zero-order valence-electron chi connectivity index (χ0n) is 10.4. The Labute approximate surface area is 102 Å². The monoisotopic (exact) mass is 236 g/mol. The van der Waals surface area contributed by atoms with Gasteiger partial charge in [-0.1, -0.05) is 6.92 Å². The lowest BCUT2D eigenvalue weighted by molar-refractivity contribution is 0.226. The minimum Gasteiger partial charge on any atom is -0.348 e. The molecular weight excluding hydrogens is 216 g/mol. The third-order valence-corrected chi connectivity index (χ3v) is 3.65. The Morgan fingerprint density at radius 3 is 3.06 bits per heavy atom. The summed E-state index contributed by atoms with van der Waals surface area (Å²) in [7, 11) is 0. The van der Waals surface area contributed by atoms with E-state index in [1.807, 2.05) is 0 Å². The first-order valence-corrected chi connectivity index (χ1v) is 6.67. The molecule has 0 radical (unpaired) electrons. The molecule has 0 aromatic carbocycles. The SMILES string of the molecule is CCN1CCCC(Nc2noc(C3CC3)n2)C1. The number of nitrogens with zero attached hydrogens (tertiary/aromatic N) is 3. The molecule has 1 N–H and O–H groups in total. The van der Waals surface area contributed by atoms with Gasteiger partial charge in [-0.2, -0.15) is 4.98 Å². The van der Waals surface area contributed by atoms with Gasteiger partial charge in [0.1, 0.15) is 0 Å². The topological polar surface area (TPSA) is 54.2 Å². The standard InChI is InChI=1S/C12H20N4O/c1-2-16-7-3-4-10(8-16)13-12-14-11(17-15-12)9-5-6-9/h9-10H,2-8H2,1H3,(H,13,15). The highest BCUT2D eigenvalue weighted by molar-refractivity contribution is 5.25. The molecule has 0 bridgehead atoms. The molecule has 1 unspecified atom stereocenters. The van der Waals surface area contributed by atoms with Crippen LogP contribution in [0, 0.1) is 0 Å². The van der Waals surface area contributed by atoms with Crippen molar-refractivity contribution in [1.29, 1.82) is 0 Å². The Kier molecular flexibility index (Phi) is 3.01. The number of likely N-dealkylation sites (N-methyl/N-ethyl adjacent to an activating group) is 1. The van der Waals surface area contributed by atoms with Gasteiger partial charge in [0.15, 0.2) is 0 Å². The molecule has 1 aromatic rings. The van der Waals surface area contributed by atoms with Crippen LogP contribution >= 0.6 is 0 Å². The number of nitrogens with one attached hydrogen (secondary N) is 1. The van der Waals surface area contributed by atoms with Crippen molar-refractivity contribution in [2.24, 2.45) is 0 Å². The lowest BCUT2D eigenvalue weighted by atomic mass is 10.1. The van der Waals surface area contributed by atoms with Crippen LogP contribution in [0.2, 0.25) is 0 Å². The Morgan fingerprint density at radius 1 is 1.41 bits per heavy atom. The van der Waals surface area contributed by atoms with Crippen LogP contribution < -0.4 is 5.32 Å². The van der Waals surface area contributed by atoms with E-state index in [4.69, 9.17) is 4.52 Å². The van der Waals surface area contributed by atoms with Crippen molar-refractivity contribution in [3.8, 4) is 0 Å². The second-order valence-electron chi connectivity index (χ2n) is 5.11. The molecule has 1 aliphatic carbocycles. The zero-order chi connectivity index (χ0) is 11.7. The number of anilines is 1. The molecule has 2 fully saturated rings. The van der Waals surface area contributed by atoms with E-state index in [1.165, 1.54) is 32.2 Å². The molecular formula is C12H20N4O. The quantitative estimate of drug-likeness (QED) is 0.864. The fourth-order valence-corrected chi connectivity index (χ4v) is 2.43. The first-order chi connectivity index (χ1) is 8.35. The predicted octanol–water partition coefficient (Wildman–Crippen LogP) is 1.84. The zero-order valence-corrected chi connectivity index (χ0v) is 10.4. The Morgan fingerprint density at radius 2 is 2.29 bits per heavy atom. The first-order valence-electron chi connectivity index (χ1n) is 6.67. The van der Waals surface area contributed by atoms with Crippen molar-refractivity contribution >= 4 is 5.95 Å². The van der Waals surface area contributed by atoms with Crippen LogP contribution in [0.3, 0.4) is 0 Å². The van der Waals surface area contributed by atoms with E-state index in [0.29, 0.717) is 17.9 Å². The van der Waals surface area contributed by atoms with E-state index in [2.05, 4.69) is 27.3 Å². The van der Waals surface area contributed by atoms with Gasteiger partial charge in [0.2, 0.25) is 5.89 Å². The average molecular weight is 236 g/mol. The molecule has 0 spiro atoms. The molecule has 5 heteroatoms. The molecule has 17 heavy (non-hydrogen) atoms. The van der Waals surface area contributed by atoms with Gasteiger partial charge in [-0.3, -0.25) is 0 Å². The van der Waals surface area contributed by atoms with Crippen LogP contribution in [0.4, 0.5) is 5.95 Å². The van der Waals surface area contributed by atoms with Crippen LogP contribution in [0.25, 0.3) is 0 Å². The summed E-state index contributed by atoms with van der Waals surface area (Å²) < 4.78 is 5.25. The third kappa shape index (κ3) is 2.60. The van der Waals surface area contributed by atoms with E-state index >= 15 is 0 Å². The molecule has 1 atom stereocenters. The number of piperidine rings is 1. The van der Waals surface area contributed by atoms with Gasteiger partial charge in [0.25, 0.3) is 5.95 Å². The molecule has 2 heterocycles. The van der Waals surface area contributed by atoms with E-state index in [-0.39, 0.29) is 0 Å². The highest BCUT2D eigenvalue weighted by Crippen LogP contribution is 2.39. The Bertz CT molecular complexity index is 374. The minimum atomic E-state index is 0.466. The smallest absolute Gasteiger partial charge is 0.263 e. The van der Waals surface area contributed by atoms with Crippen LogP contribution in [0.15, 0.2) is 4.52 Å². The summed E-state index contributed by atoms with van der Waals surface area (Å²) >= 11 is 0. The second-order valence-corrected chi connectivity index (χ2v) is 5.11. The molecule has 5 nitrogen and oxygen atoms in total. The fourth-order valence-electron chi connectivity index (χ4n) is 2.43. The lowest BCUT2D eigenvalue weighted by Crippen LogP contribution is -2.42. The normalized spacial score (nSPS) is 26.1. The van der Waals surface area contributed by atoms with E-state index in [1.54, 1.807) is 0 Å². The van der Waals surface area contributed by atoms with Gasteiger partial charge in [-0.15, -0.1) is 0 Å². The summed E-state index contributed by atoms with van der Waals surface area (Å²) in [6.45, 7) is 5.64. The minimum absolute atomic E-state index is 0.466. The number of hydrogen-bond acceptors (Lipinski definition) is 5. The molecule has 94 valence electrons. The maximum atomic E-state index is 5.25. The van der Waals surface area contributed by atoms with Crippen molar-refractivity contribution in [3.05, 3.63) is 5.89 Å². The summed E-state index contributed by atoms with van der Waals surface area (Å²) in [4.78, 5) is 6.87. The van der Waals surface area contributed by atoms with E-state index in [0.717, 1.165) is 19.0 Å². The molecule has 1 aromatic heterocycles. The lowest BCUT2D eigenvalue weighted by Gasteiger charge is -2.31. The highest BCUT2D eigenvalue weighted by atomic mass is 16.5. The van der Waals surface area contributed by atoms with Gasteiger partial charge >= 0.3 is 0 Å². The summed E-state index contributed by atoms with van der Waals surface area (Å²) in [5.74, 6) is 2.03. The van der Waals surface area contributed by atoms with Crippen molar-refractivity contribution in [2.75, 3.05) is 25.0 Å². The number of hydrogen-bond donors (Lipinski definition) is 1. The van der Waals surface area contributed by atoms with Crippen molar-refractivity contribution in [3.63, 3.8) is 0 Å². The summed E-state index contributed by atoms with van der Waals surface area (Å²) in [5, 5.41) is 7.40. The summed E-state index contributed by atoms with van der Waals surface area (Å²) in [6, 6.07) is 0.466. The molecule has 1 saturated carbocycles. The van der Waals surface area contributed by atoms with Crippen LogP contribution in [-0.2, 0) is 0 Å². The van der Waals surface area contributed by atoms with Gasteiger partial charge in [-0.25, -0.2) is 0 Å². The van der Waals surface area contributed by atoms with Gasteiger partial charge < -0.3 is 14.7 Å². The van der Waals surface area contributed by atoms with Crippen molar-refractivity contribution in [2.45, 2.75) is 44.6 Å². The predicted molar refractivity (Wildman–Crippen MR) is 65.0 cm³/mol. The van der Waals surface area contributed by atoms with Gasteiger partial charge in [0, 0.05) is 18.5 Å². The van der Waals surface area contributed by atoms with Crippen molar-refractivity contribution in [1.82, 2.24) is 15.0 Å². The van der Waals surface area contributed by atoms with Crippen LogP contribution in [0.5, 0.6) is 0 Å². The highest BCUT2D eigenvalue weighted by Gasteiger charge is 2.30. The third-order valence-electron chi connectivity index (χ3n) is 3.65. The summed E-state index contributed by atoms with van der Waals surface area (Å²) in [6.07, 6.45) is 4.85. The fraction of sp³-hybridized carbons (Fsp3) is 0.833. The largest absolute Gasteiger partial charge is 0.348 e. The van der Waals surface area contributed by atoms with Gasteiger partial charge in [0.05, 0.1) is 0 Å². The second kappa shape index (κ2) is 4.64. The number of likely N-dealkylation sites (tertiary alicyclic amines) is 1. The van der Waals surface area contributed by atoms with E-state index < -0.39 is 0 Å². The molecule has 0 amide bonds. The molecule has 1 aliphatic heterocycles. The Hall–Kier alpha value is -1.10.